The zero-order valence-corrected chi connectivity index (χ0v) is 15.2. The lowest BCUT2D eigenvalue weighted by molar-refractivity contribution is 0.251. The number of carbonyl (C=O) groups excluding carboxylic acids is 1. The third-order valence-electron chi connectivity index (χ3n) is 3.17. The summed E-state index contributed by atoms with van der Waals surface area (Å²) in [6.45, 7) is 2.44. The van der Waals surface area contributed by atoms with Crippen LogP contribution in [0.15, 0.2) is 45.5 Å². The van der Waals surface area contributed by atoms with E-state index in [1.807, 2.05) is 19.1 Å². The van der Waals surface area contributed by atoms with E-state index in [0.717, 1.165) is 22.0 Å². The van der Waals surface area contributed by atoms with Crippen LogP contribution in [0.5, 0.6) is 0 Å². The predicted molar refractivity (Wildman–Crippen MR) is 97.7 cm³/mol. The number of amides is 2. The number of aromatic nitrogens is 3. The first-order valence-electron chi connectivity index (χ1n) is 7.69. The maximum absolute atomic E-state index is 11.9. The van der Waals surface area contributed by atoms with Crippen molar-refractivity contribution in [2.45, 2.75) is 29.9 Å². The molecule has 3 heterocycles. The van der Waals surface area contributed by atoms with E-state index in [2.05, 4.69) is 25.6 Å². The molecule has 3 aromatic rings. The fourth-order valence-corrected chi connectivity index (χ4v) is 3.64. The van der Waals surface area contributed by atoms with E-state index in [1.54, 1.807) is 36.5 Å². The summed E-state index contributed by atoms with van der Waals surface area (Å²) in [6.07, 6.45) is 7.73. The van der Waals surface area contributed by atoms with Gasteiger partial charge in [0.1, 0.15) is 5.76 Å². The molecule has 3 aromatic heterocycles. The quantitative estimate of drug-likeness (QED) is 0.612. The van der Waals surface area contributed by atoms with Crippen molar-refractivity contribution in [1.82, 2.24) is 20.3 Å². The van der Waals surface area contributed by atoms with Gasteiger partial charge in [0, 0.05) is 25.4 Å². The molecule has 0 spiro atoms. The first kappa shape index (κ1) is 17.4. The zero-order valence-electron chi connectivity index (χ0n) is 13.6. The molecule has 2 N–H and O–H groups in total. The Hall–Kier alpha value is -2.39. The van der Waals surface area contributed by atoms with E-state index in [1.165, 1.54) is 11.3 Å². The molecule has 9 heteroatoms. The van der Waals surface area contributed by atoms with Crippen molar-refractivity contribution in [2.24, 2.45) is 0 Å². The summed E-state index contributed by atoms with van der Waals surface area (Å²) in [5.74, 6) is 2.21. The number of nitrogens with one attached hydrogen (secondary N) is 2. The largest absolute Gasteiger partial charge is 0.445 e. The number of urea groups is 1. The Morgan fingerprint density at radius 3 is 3.00 bits per heavy atom. The van der Waals surface area contributed by atoms with Gasteiger partial charge in [-0.05, 0) is 11.6 Å². The SMILES string of the molecule is CCc1cnc(CSc2cnc(NC(=O)NCc3cccnc3)s2)o1. The molecule has 0 bridgehead atoms. The Morgan fingerprint density at radius 2 is 2.24 bits per heavy atom. The number of thiazole rings is 1. The maximum atomic E-state index is 11.9. The molecular formula is C16H17N5O2S2. The third kappa shape index (κ3) is 5.30. The lowest BCUT2D eigenvalue weighted by atomic mass is 10.3. The van der Waals surface area contributed by atoms with Gasteiger partial charge in [-0.15, -0.1) is 11.8 Å². The van der Waals surface area contributed by atoms with Gasteiger partial charge < -0.3 is 9.73 Å². The van der Waals surface area contributed by atoms with Crippen molar-refractivity contribution in [2.75, 3.05) is 5.32 Å². The van der Waals surface area contributed by atoms with Crippen LogP contribution in [0.3, 0.4) is 0 Å². The number of nitrogens with zero attached hydrogens (tertiary/aromatic N) is 3. The Labute approximate surface area is 153 Å². The average Bonchev–Trinajstić information content (AvgIpc) is 3.28. The highest BCUT2D eigenvalue weighted by Gasteiger charge is 2.09. The number of aryl methyl sites for hydroxylation is 1. The van der Waals surface area contributed by atoms with Crippen LogP contribution in [0.25, 0.3) is 0 Å². The number of hydrogen-bond acceptors (Lipinski definition) is 7. The number of carbonyl (C=O) groups is 1. The number of pyridine rings is 1. The lowest BCUT2D eigenvalue weighted by Gasteiger charge is -2.04. The van der Waals surface area contributed by atoms with E-state index < -0.39 is 0 Å². The van der Waals surface area contributed by atoms with Crippen LogP contribution in [0.4, 0.5) is 9.93 Å². The molecule has 0 radical (unpaired) electrons. The second-order valence-corrected chi connectivity index (χ2v) is 7.32. The lowest BCUT2D eigenvalue weighted by Crippen LogP contribution is -2.28. The number of anilines is 1. The van der Waals surface area contributed by atoms with Gasteiger partial charge in [-0.1, -0.05) is 24.3 Å². The highest BCUT2D eigenvalue weighted by atomic mass is 32.2. The summed E-state index contributed by atoms with van der Waals surface area (Å²) >= 11 is 2.99. The minimum Gasteiger partial charge on any atom is -0.445 e. The van der Waals surface area contributed by atoms with E-state index in [4.69, 9.17) is 4.42 Å². The fraction of sp³-hybridized carbons (Fsp3) is 0.250. The molecule has 7 nitrogen and oxygen atoms in total. The van der Waals surface area contributed by atoms with Crippen molar-refractivity contribution < 1.29 is 9.21 Å². The van der Waals surface area contributed by atoms with Gasteiger partial charge in [0.15, 0.2) is 5.13 Å². The van der Waals surface area contributed by atoms with Crippen molar-refractivity contribution >= 4 is 34.3 Å². The molecule has 130 valence electrons. The van der Waals surface area contributed by atoms with Gasteiger partial charge in [0.05, 0.1) is 22.4 Å². The zero-order chi connectivity index (χ0) is 17.5. The van der Waals surface area contributed by atoms with Crippen LogP contribution in [0, 0.1) is 0 Å². The molecule has 0 atom stereocenters. The monoisotopic (exact) mass is 375 g/mol. The normalized spacial score (nSPS) is 10.6. The molecular weight excluding hydrogens is 358 g/mol. The number of hydrogen-bond donors (Lipinski definition) is 2. The molecule has 0 unspecified atom stereocenters. The first-order valence-corrected chi connectivity index (χ1v) is 9.49. The molecule has 0 aliphatic rings. The van der Waals surface area contributed by atoms with E-state index in [-0.39, 0.29) is 6.03 Å². The number of oxazole rings is 1. The minimum absolute atomic E-state index is 0.296. The van der Waals surface area contributed by atoms with E-state index in [9.17, 15) is 4.79 Å². The molecule has 0 aliphatic heterocycles. The van der Waals surface area contributed by atoms with Crippen LogP contribution in [-0.4, -0.2) is 21.0 Å². The first-order chi connectivity index (χ1) is 12.2. The van der Waals surface area contributed by atoms with Gasteiger partial charge in [-0.2, -0.15) is 0 Å². The van der Waals surface area contributed by atoms with Crippen LogP contribution in [-0.2, 0) is 18.7 Å². The standard InChI is InChI=1S/C16H17N5O2S2/c1-2-12-8-18-13(23-12)10-24-14-9-20-16(25-14)21-15(22)19-7-11-4-3-5-17-6-11/h3-6,8-9H,2,7,10H2,1H3,(H2,19,20,21,22). The summed E-state index contributed by atoms with van der Waals surface area (Å²) in [7, 11) is 0. The maximum Gasteiger partial charge on any atom is 0.321 e. The Balaban J connectivity index is 1.45. The van der Waals surface area contributed by atoms with Crippen LogP contribution in [0.2, 0.25) is 0 Å². The van der Waals surface area contributed by atoms with Crippen molar-refractivity contribution in [3.05, 3.63) is 54.1 Å². The second-order valence-electron chi connectivity index (χ2n) is 5.02. The fourth-order valence-electron chi connectivity index (χ4n) is 1.92. The molecule has 0 aliphatic carbocycles. The summed E-state index contributed by atoms with van der Waals surface area (Å²) < 4.78 is 6.55. The second kappa shape index (κ2) is 8.63. The molecule has 0 saturated carbocycles. The predicted octanol–water partition coefficient (Wildman–Crippen LogP) is 3.70. The van der Waals surface area contributed by atoms with Gasteiger partial charge in [-0.25, -0.2) is 14.8 Å². The number of rotatable bonds is 7. The topological polar surface area (TPSA) is 92.9 Å². The molecule has 0 fully saturated rings. The number of thioether (sulfide) groups is 1. The van der Waals surface area contributed by atoms with Crippen molar-refractivity contribution in [1.29, 1.82) is 0 Å². The average molecular weight is 375 g/mol. The smallest absolute Gasteiger partial charge is 0.321 e. The van der Waals surface area contributed by atoms with Gasteiger partial charge in [0.2, 0.25) is 5.89 Å². The Morgan fingerprint density at radius 1 is 1.32 bits per heavy atom. The van der Waals surface area contributed by atoms with Gasteiger partial charge in [-0.3, -0.25) is 10.3 Å². The molecule has 0 aromatic carbocycles. The Kier molecular flexibility index (Phi) is 6.02. The molecule has 0 saturated heterocycles. The summed E-state index contributed by atoms with van der Waals surface area (Å²) in [5.41, 5.74) is 0.936. The third-order valence-corrected chi connectivity index (χ3v) is 5.26. The summed E-state index contributed by atoms with van der Waals surface area (Å²) in [4.78, 5) is 24.3. The molecule has 2 amide bonds. The van der Waals surface area contributed by atoms with Crippen LogP contribution < -0.4 is 10.6 Å². The molecule has 3 rings (SSSR count). The summed E-state index contributed by atoms with van der Waals surface area (Å²) in [6, 6.07) is 3.43. The van der Waals surface area contributed by atoms with Crippen molar-refractivity contribution in [3.8, 4) is 0 Å². The highest BCUT2D eigenvalue weighted by Crippen LogP contribution is 2.30. The summed E-state index contributed by atoms with van der Waals surface area (Å²) in [5, 5.41) is 6.05. The molecule has 25 heavy (non-hydrogen) atoms. The van der Waals surface area contributed by atoms with E-state index >= 15 is 0 Å². The van der Waals surface area contributed by atoms with Crippen molar-refractivity contribution in [3.63, 3.8) is 0 Å². The van der Waals surface area contributed by atoms with Gasteiger partial charge in [0.25, 0.3) is 0 Å². The van der Waals surface area contributed by atoms with Gasteiger partial charge >= 0.3 is 6.03 Å². The Bertz CT molecular complexity index is 819. The minimum atomic E-state index is -0.296. The van der Waals surface area contributed by atoms with Crippen LogP contribution >= 0.6 is 23.1 Å². The van der Waals surface area contributed by atoms with Crippen LogP contribution in [0.1, 0.15) is 24.1 Å². The highest BCUT2D eigenvalue weighted by molar-refractivity contribution is 8.00. The van der Waals surface area contributed by atoms with E-state index in [0.29, 0.717) is 23.3 Å².